The maximum absolute atomic E-state index is 13.0. The summed E-state index contributed by atoms with van der Waals surface area (Å²) in [5, 5.41) is 3.42. The Labute approximate surface area is 191 Å². The molecule has 7 nitrogen and oxygen atoms in total. The normalized spacial score (nSPS) is 20.1. The largest absolute Gasteiger partial charge is 0.491 e. The number of carbonyl (C=O) groups excluding carboxylic acids is 2. The minimum Gasteiger partial charge on any atom is -0.491 e. The van der Waals surface area contributed by atoms with E-state index in [9.17, 15) is 9.59 Å². The molecule has 0 saturated carbocycles. The summed E-state index contributed by atoms with van der Waals surface area (Å²) in [6, 6.07) is 15.1. The molecular formula is C26H26N2O5. The van der Waals surface area contributed by atoms with E-state index in [1.54, 1.807) is 6.07 Å². The molecule has 2 aliphatic heterocycles. The average Bonchev–Trinajstić information content (AvgIpc) is 3.37. The van der Waals surface area contributed by atoms with Crippen LogP contribution < -0.4 is 10.1 Å². The molecule has 1 aromatic heterocycles. The van der Waals surface area contributed by atoms with Crippen LogP contribution in [0.15, 0.2) is 48.5 Å². The summed E-state index contributed by atoms with van der Waals surface area (Å²) >= 11 is 0. The van der Waals surface area contributed by atoms with Crippen molar-refractivity contribution in [1.29, 1.82) is 0 Å². The second-order valence-electron chi connectivity index (χ2n) is 8.86. The van der Waals surface area contributed by atoms with E-state index < -0.39 is 11.7 Å². The molecule has 0 aliphatic carbocycles. The van der Waals surface area contributed by atoms with Crippen LogP contribution >= 0.6 is 0 Å². The van der Waals surface area contributed by atoms with Gasteiger partial charge < -0.3 is 18.8 Å². The smallest absolute Gasteiger partial charge is 0.259 e. The van der Waals surface area contributed by atoms with E-state index in [1.165, 1.54) is 0 Å². The molecule has 1 N–H and O–H groups in total. The van der Waals surface area contributed by atoms with Gasteiger partial charge in [-0.05, 0) is 44.5 Å². The minimum absolute atomic E-state index is 0.173. The van der Waals surface area contributed by atoms with E-state index in [0.29, 0.717) is 35.7 Å². The monoisotopic (exact) mass is 446 g/mol. The fourth-order valence-corrected chi connectivity index (χ4v) is 4.58. The molecule has 2 amide bonds. The molecule has 0 bridgehead atoms. The lowest BCUT2D eigenvalue weighted by Gasteiger charge is -2.17. The SMILES string of the molecule is Cc1c(C2=C(c3cccc(OC[C@H]4COC(C)(C)O4)c3)C(=O)NC2=O)c2ccccc2n1C. The van der Waals surface area contributed by atoms with E-state index in [0.717, 1.165) is 22.2 Å². The van der Waals surface area contributed by atoms with Crippen molar-refractivity contribution in [3.05, 3.63) is 65.4 Å². The lowest BCUT2D eigenvalue weighted by atomic mass is 9.94. The molecule has 3 aromatic rings. The highest BCUT2D eigenvalue weighted by Crippen LogP contribution is 2.38. The van der Waals surface area contributed by atoms with Gasteiger partial charge >= 0.3 is 0 Å². The number of benzene rings is 2. The second kappa shape index (κ2) is 7.86. The minimum atomic E-state index is -0.617. The van der Waals surface area contributed by atoms with Gasteiger partial charge in [-0.25, -0.2) is 0 Å². The number of hydrogen-bond donors (Lipinski definition) is 1. The first kappa shape index (κ1) is 21.4. The highest BCUT2D eigenvalue weighted by Gasteiger charge is 2.35. The van der Waals surface area contributed by atoms with Gasteiger partial charge in [0.25, 0.3) is 11.8 Å². The molecule has 1 saturated heterocycles. The second-order valence-corrected chi connectivity index (χ2v) is 8.86. The summed E-state index contributed by atoms with van der Waals surface area (Å²) < 4.78 is 19.4. The number of nitrogens with one attached hydrogen (secondary N) is 1. The van der Waals surface area contributed by atoms with Gasteiger partial charge in [-0.15, -0.1) is 0 Å². The molecule has 1 atom stereocenters. The summed E-state index contributed by atoms with van der Waals surface area (Å²) in [6.07, 6.45) is -0.173. The summed E-state index contributed by atoms with van der Waals surface area (Å²) in [5.41, 5.74) is 4.07. The molecule has 0 spiro atoms. The van der Waals surface area contributed by atoms with Crippen LogP contribution in [0.25, 0.3) is 22.0 Å². The van der Waals surface area contributed by atoms with Gasteiger partial charge in [0.1, 0.15) is 18.5 Å². The fraction of sp³-hybridized carbons (Fsp3) is 0.308. The van der Waals surface area contributed by atoms with Crippen LogP contribution in [0.2, 0.25) is 0 Å². The molecule has 170 valence electrons. The van der Waals surface area contributed by atoms with Crippen molar-refractivity contribution in [2.75, 3.05) is 13.2 Å². The van der Waals surface area contributed by atoms with Crippen molar-refractivity contribution in [2.24, 2.45) is 7.05 Å². The third-order valence-electron chi connectivity index (χ3n) is 6.21. The van der Waals surface area contributed by atoms with Crippen LogP contribution in [-0.2, 0) is 26.1 Å². The van der Waals surface area contributed by atoms with Gasteiger partial charge in [-0.1, -0.05) is 30.3 Å². The first-order valence-corrected chi connectivity index (χ1v) is 10.9. The molecule has 33 heavy (non-hydrogen) atoms. The van der Waals surface area contributed by atoms with Crippen molar-refractivity contribution in [1.82, 2.24) is 9.88 Å². The number of aromatic nitrogens is 1. The Kier molecular flexibility index (Phi) is 5.11. The van der Waals surface area contributed by atoms with E-state index in [2.05, 4.69) is 5.32 Å². The number of hydrogen-bond acceptors (Lipinski definition) is 5. The lowest BCUT2D eigenvalue weighted by molar-refractivity contribution is -0.141. The molecule has 5 rings (SSSR count). The molecule has 0 unspecified atom stereocenters. The Morgan fingerprint density at radius 1 is 1.09 bits per heavy atom. The Morgan fingerprint density at radius 3 is 2.61 bits per heavy atom. The molecular weight excluding hydrogens is 420 g/mol. The summed E-state index contributed by atoms with van der Waals surface area (Å²) in [5.74, 6) is -0.823. The van der Waals surface area contributed by atoms with E-state index in [4.69, 9.17) is 14.2 Å². The Bertz CT molecular complexity index is 1320. The molecule has 2 aliphatic rings. The number of para-hydroxylation sites is 1. The number of aryl methyl sites for hydroxylation is 1. The molecule has 1 fully saturated rings. The summed E-state index contributed by atoms with van der Waals surface area (Å²) in [4.78, 5) is 25.9. The Hall–Kier alpha value is -3.42. The number of imide groups is 1. The van der Waals surface area contributed by atoms with Crippen molar-refractivity contribution in [3.63, 3.8) is 0 Å². The highest BCUT2D eigenvalue weighted by molar-refractivity contribution is 6.50. The van der Waals surface area contributed by atoms with Gasteiger partial charge in [0.05, 0.1) is 17.8 Å². The Morgan fingerprint density at radius 2 is 1.85 bits per heavy atom. The van der Waals surface area contributed by atoms with Gasteiger partial charge in [-0.2, -0.15) is 0 Å². The van der Waals surface area contributed by atoms with Crippen molar-refractivity contribution in [2.45, 2.75) is 32.7 Å². The van der Waals surface area contributed by atoms with Gasteiger partial charge in [0, 0.05) is 29.2 Å². The topological polar surface area (TPSA) is 78.8 Å². The van der Waals surface area contributed by atoms with E-state index in [1.807, 2.05) is 74.9 Å². The van der Waals surface area contributed by atoms with Gasteiger partial charge in [0.15, 0.2) is 5.79 Å². The quantitative estimate of drug-likeness (QED) is 0.606. The zero-order chi connectivity index (χ0) is 23.3. The number of ether oxygens (including phenoxy) is 3. The fourth-order valence-electron chi connectivity index (χ4n) is 4.58. The van der Waals surface area contributed by atoms with Crippen molar-refractivity contribution in [3.8, 4) is 5.75 Å². The maximum atomic E-state index is 13.0. The standard InChI is InChI=1S/C26H26N2O5/c1-15-21(19-10-5-6-11-20(19)28(15)4)23-22(24(29)27-25(23)30)16-8-7-9-17(12-16)31-13-18-14-32-26(2,3)33-18/h5-12,18H,13-14H2,1-4H3,(H,27,29,30)/t18-/m0/s1. The zero-order valence-corrected chi connectivity index (χ0v) is 19.1. The van der Waals surface area contributed by atoms with Crippen LogP contribution in [0.4, 0.5) is 0 Å². The third kappa shape index (κ3) is 3.73. The highest BCUT2D eigenvalue weighted by atomic mass is 16.7. The summed E-state index contributed by atoms with van der Waals surface area (Å²) in [6.45, 7) is 6.48. The molecule has 7 heteroatoms. The molecule has 0 radical (unpaired) electrons. The van der Waals surface area contributed by atoms with Gasteiger partial charge in [-0.3, -0.25) is 14.9 Å². The lowest BCUT2D eigenvalue weighted by Crippen LogP contribution is -2.25. The van der Waals surface area contributed by atoms with Gasteiger partial charge in [0.2, 0.25) is 0 Å². The first-order chi connectivity index (χ1) is 15.7. The molecule has 3 heterocycles. The van der Waals surface area contributed by atoms with Crippen LogP contribution in [0, 0.1) is 6.92 Å². The third-order valence-corrected chi connectivity index (χ3v) is 6.21. The maximum Gasteiger partial charge on any atom is 0.259 e. The van der Waals surface area contributed by atoms with Crippen LogP contribution in [0.5, 0.6) is 5.75 Å². The average molecular weight is 447 g/mol. The number of nitrogens with zero attached hydrogens (tertiary/aromatic N) is 1. The number of carbonyl (C=O) groups is 2. The van der Waals surface area contributed by atoms with Crippen LogP contribution in [0.3, 0.4) is 0 Å². The van der Waals surface area contributed by atoms with Crippen molar-refractivity contribution < 1.29 is 23.8 Å². The van der Waals surface area contributed by atoms with Crippen LogP contribution in [-0.4, -0.2) is 41.5 Å². The predicted octanol–water partition coefficient (Wildman–Crippen LogP) is 3.58. The number of fused-ring (bicyclic) bond motifs is 1. The van der Waals surface area contributed by atoms with E-state index >= 15 is 0 Å². The van der Waals surface area contributed by atoms with Crippen molar-refractivity contribution >= 4 is 33.9 Å². The number of amides is 2. The zero-order valence-electron chi connectivity index (χ0n) is 19.1. The Balaban J connectivity index is 1.54. The first-order valence-electron chi connectivity index (χ1n) is 10.9. The molecule has 2 aromatic carbocycles. The predicted molar refractivity (Wildman–Crippen MR) is 124 cm³/mol. The van der Waals surface area contributed by atoms with E-state index in [-0.39, 0.29) is 12.0 Å². The van der Waals surface area contributed by atoms with Crippen LogP contribution in [0.1, 0.15) is 30.7 Å². The summed E-state index contributed by atoms with van der Waals surface area (Å²) in [7, 11) is 1.96. The number of rotatable bonds is 5.